The average Bonchev–Trinajstić information content (AvgIpc) is 2.72. The van der Waals surface area contributed by atoms with E-state index >= 15 is 0 Å². The molecule has 0 bridgehead atoms. The van der Waals surface area contributed by atoms with Gasteiger partial charge in [-0.1, -0.05) is 19.9 Å². The van der Waals surface area contributed by atoms with Gasteiger partial charge >= 0.3 is 5.97 Å². The van der Waals surface area contributed by atoms with E-state index in [1.165, 1.54) is 6.08 Å². The molecule has 1 N–H and O–H groups in total. The Balaban J connectivity index is 2.40. The molecule has 2 rings (SSSR count). The molecule has 1 aromatic carbocycles. The monoisotopic (exact) mass is 234 g/mol. The van der Waals surface area contributed by atoms with E-state index in [-0.39, 0.29) is 12.7 Å². The molecule has 1 aliphatic rings. The van der Waals surface area contributed by atoms with E-state index in [0.29, 0.717) is 11.5 Å². The SMILES string of the molecule is CC(C)/C(=C\C(=O)O)c1ccc2c(c1)OCO2. The van der Waals surface area contributed by atoms with Gasteiger partial charge in [-0.25, -0.2) is 4.79 Å². The molecular weight excluding hydrogens is 220 g/mol. The van der Waals surface area contributed by atoms with E-state index in [0.717, 1.165) is 11.1 Å². The maximum atomic E-state index is 10.8. The number of carboxylic acids is 1. The summed E-state index contributed by atoms with van der Waals surface area (Å²) in [5, 5.41) is 8.86. The number of benzene rings is 1. The van der Waals surface area contributed by atoms with Gasteiger partial charge in [-0.2, -0.15) is 0 Å². The van der Waals surface area contributed by atoms with Crippen LogP contribution in [0.4, 0.5) is 0 Å². The first-order chi connectivity index (χ1) is 8.08. The molecule has 0 radical (unpaired) electrons. The second kappa shape index (κ2) is 4.49. The van der Waals surface area contributed by atoms with Crippen molar-refractivity contribution in [2.45, 2.75) is 13.8 Å². The molecule has 0 saturated heterocycles. The number of carbonyl (C=O) groups is 1. The summed E-state index contributed by atoms with van der Waals surface area (Å²) in [5.74, 6) is 0.560. The Hall–Kier alpha value is -1.97. The molecule has 0 unspecified atom stereocenters. The number of allylic oxidation sites excluding steroid dienone is 1. The standard InChI is InChI=1S/C13H14O4/c1-8(2)10(6-13(14)15)9-3-4-11-12(5-9)17-7-16-11/h3-6,8H,7H2,1-2H3,(H,14,15)/b10-6+. The van der Waals surface area contributed by atoms with E-state index in [2.05, 4.69) is 0 Å². The Morgan fingerprint density at radius 3 is 2.71 bits per heavy atom. The van der Waals surface area contributed by atoms with E-state index in [1.807, 2.05) is 26.0 Å². The first-order valence-corrected chi connectivity index (χ1v) is 5.42. The maximum absolute atomic E-state index is 10.8. The van der Waals surface area contributed by atoms with Gasteiger partial charge in [-0.05, 0) is 29.2 Å². The van der Waals surface area contributed by atoms with Crippen LogP contribution >= 0.6 is 0 Å². The summed E-state index contributed by atoms with van der Waals surface area (Å²) >= 11 is 0. The van der Waals surface area contributed by atoms with Crippen molar-refractivity contribution in [1.29, 1.82) is 0 Å². The molecule has 0 spiro atoms. The van der Waals surface area contributed by atoms with Gasteiger partial charge in [-0.3, -0.25) is 0 Å². The molecule has 0 saturated carbocycles. The smallest absolute Gasteiger partial charge is 0.328 e. The zero-order chi connectivity index (χ0) is 12.4. The highest BCUT2D eigenvalue weighted by Crippen LogP contribution is 2.35. The summed E-state index contributed by atoms with van der Waals surface area (Å²) in [7, 11) is 0. The number of carboxylic acid groups (broad SMARTS) is 1. The minimum atomic E-state index is -0.939. The summed E-state index contributed by atoms with van der Waals surface area (Å²) in [6.07, 6.45) is 1.24. The lowest BCUT2D eigenvalue weighted by atomic mass is 9.94. The van der Waals surface area contributed by atoms with E-state index in [4.69, 9.17) is 14.6 Å². The van der Waals surface area contributed by atoms with Crippen molar-refractivity contribution in [1.82, 2.24) is 0 Å². The second-order valence-electron chi connectivity index (χ2n) is 4.16. The van der Waals surface area contributed by atoms with Crippen LogP contribution in [0, 0.1) is 5.92 Å². The first kappa shape index (κ1) is 11.5. The molecule has 4 heteroatoms. The van der Waals surface area contributed by atoms with Gasteiger partial charge in [0.2, 0.25) is 6.79 Å². The summed E-state index contributed by atoms with van der Waals surface area (Å²) < 4.78 is 10.5. The van der Waals surface area contributed by atoms with Gasteiger partial charge in [0.05, 0.1) is 0 Å². The van der Waals surface area contributed by atoms with Gasteiger partial charge in [0.15, 0.2) is 11.5 Å². The number of hydrogen-bond donors (Lipinski definition) is 1. The van der Waals surface area contributed by atoms with Crippen molar-refractivity contribution < 1.29 is 19.4 Å². The van der Waals surface area contributed by atoms with Gasteiger partial charge in [0.1, 0.15) is 0 Å². The summed E-state index contributed by atoms with van der Waals surface area (Å²) in [6, 6.07) is 5.47. The third-order valence-electron chi connectivity index (χ3n) is 2.61. The fourth-order valence-electron chi connectivity index (χ4n) is 1.79. The highest BCUT2D eigenvalue weighted by Gasteiger charge is 2.16. The van der Waals surface area contributed by atoms with Gasteiger partial charge in [0.25, 0.3) is 0 Å². The van der Waals surface area contributed by atoms with Crippen LogP contribution in [-0.2, 0) is 4.79 Å². The second-order valence-corrected chi connectivity index (χ2v) is 4.16. The minimum absolute atomic E-state index is 0.131. The number of rotatable bonds is 3. The molecule has 1 aliphatic heterocycles. The Morgan fingerprint density at radius 2 is 2.06 bits per heavy atom. The maximum Gasteiger partial charge on any atom is 0.328 e. The van der Waals surface area contributed by atoms with Crippen molar-refractivity contribution in [2.75, 3.05) is 6.79 Å². The highest BCUT2D eigenvalue weighted by molar-refractivity contribution is 5.90. The molecule has 0 amide bonds. The first-order valence-electron chi connectivity index (χ1n) is 5.42. The van der Waals surface area contributed by atoms with Crippen LogP contribution in [0.2, 0.25) is 0 Å². The van der Waals surface area contributed by atoms with E-state index < -0.39 is 5.97 Å². The summed E-state index contributed by atoms with van der Waals surface area (Å²) in [6.45, 7) is 4.14. The molecule has 0 aliphatic carbocycles. The van der Waals surface area contributed by atoms with Crippen molar-refractivity contribution in [3.05, 3.63) is 29.8 Å². The Kier molecular flexibility index (Phi) is 3.04. The normalized spacial score (nSPS) is 14.2. The van der Waals surface area contributed by atoms with Crippen LogP contribution < -0.4 is 9.47 Å². The van der Waals surface area contributed by atoms with Crippen LogP contribution in [0.25, 0.3) is 5.57 Å². The van der Waals surface area contributed by atoms with Crippen molar-refractivity contribution in [3.8, 4) is 11.5 Å². The van der Waals surface area contributed by atoms with E-state index in [9.17, 15) is 4.79 Å². The fourth-order valence-corrected chi connectivity index (χ4v) is 1.79. The molecule has 1 heterocycles. The third kappa shape index (κ3) is 2.41. The Labute approximate surface area is 99.5 Å². The van der Waals surface area contributed by atoms with Gasteiger partial charge < -0.3 is 14.6 Å². The lowest BCUT2D eigenvalue weighted by Crippen LogP contribution is -1.98. The van der Waals surface area contributed by atoms with E-state index in [1.54, 1.807) is 6.07 Å². The Morgan fingerprint density at radius 1 is 1.35 bits per heavy atom. The van der Waals surface area contributed by atoms with Crippen LogP contribution in [0.15, 0.2) is 24.3 Å². The van der Waals surface area contributed by atoms with Crippen molar-refractivity contribution in [2.24, 2.45) is 5.92 Å². The summed E-state index contributed by atoms with van der Waals surface area (Å²) in [4.78, 5) is 10.8. The lowest BCUT2D eigenvalue weighted by Gasteiger charge is -2.11. The average molecular weight is 234 g/mol. The van der Waals surface area contributed by atoms with Crippen LogP contribution in [0.3, 0.4) is 0 Å². The molecule has 17 heavy (non-hydrogen) atoms. The molecule has 90 valence electrons. The highest BCUT2D eigenvalue weighted by atomic mass is 16.7. The third-order valence-corrected chi connectivity index (χ3v) is 2.61. The zero-order valence-electron chi connectivity index (χ0n) is 9.77. The molecule has 0 fully saturated rings. The molecule has 0 aromatic heterocycles. The number of aliphatic carboxylic acids is 1. The molecule has 4 nitrogen and oxygen atoms in total. The molecular formula is C13H14O4. The van der Waals surface area contributed by atoms with Crippen molar-refractivity contribution in [3.63, 3.8) is 0 Å². The molecule has 0 atom stereocenters. The van der Waals surface area contributed by atoms with Crippen LogP contribution in [-0.4, -0.2) is 17.9 Å². The quantitative estimate of drug-likeness (QED) is 0.816. The lowest BCUT2D eigenvalue weighted by molar-refractivity contribution is -0.131. The zero-order valence-corrected chi connectivity index (χ0v) is 9.77. The number of hydrogen-bond acceptors (Lipinski definition) is 3. The fraction of sp³-hybridized carbons (Fsp3) is 0.308. The van der Waals surface area contributed by atoms with Gasteiger partial charge in [-0.15, -0.1) is 0 Å². The van der Waals surface area contributed by atoms with Crippen LogP contribution in [0.1, 0.15) is 19.4 Å². The number of fused-ring (bicyclic) bond motifs is 1. The minimum Gasteiger partial charge on any atom is -0.478 e. The summed E-state index contributed by atoms with van der Waals surface area (Å²) in [5.41, 5.74) is 1.63. The largest absolute Gasteiger partial charge is 0.478 e. The predicted molar refractivity (Wildman–Crippen MR) is 63.0 cm³/mol. The van der Waals surface area contributed by atoms with Gasteiger partial charge in [0, 0.05) is 6.08 Å². The van der Waals surface area contributed by atoms with Crippen LogP contribution in [0.5, 0.6) is 11.5 Å². The molecule has 1 aromatic rings. The van der Waals surface area contributed by atoms with Crippen molar-refractivity contribution >= 4 is 11.5 Å². The Bertz CT molecular complexity index is 474. The topological polar surface area (TPSA) is 55.8 Å². The number of ether oxygens (including phenoxy) is 2. The predicted octanol–water partition coefficient (Wildman–Crippen LogP) is 2.54.